The van der Waals surface area contributed by atoms with Crippen LogP contribution < -0.4 is 11.3 Å². The minimum Gasteiger partial charge on any atom is -0.271 e. The van der Waals surface area contributed by atoms with E-state index in [9.17, 15) is 0 Å². The number of hydrogen-bond acceptors (Lipinski definition) is 4. The number of thiazole rings is 1. The minimum atomic E-state index is 0.136. The van der Waals surface area contributed by atoms with E-state index < -0.39 is 0 Å². The number of nitrogens with two attached hydrogens (primary N) is 1. The molecule has 2 unspecified atom stereocenters. The first-order chi connectivity index (χ1) is 8.36. The zero-order valence-corrected chi connectivity index (χ0v) is 13.1. The molecule has 3 nitrogen and oxygen atoms in total. The van der Waals surface area contributed by atoms with Crippen LogP contribution in [0.1, 0.15) is 58.2 Å². The summed E-state index contributed by atoms with van der Waals surface area (Å²) in [7, 11) is 0. The Morgan fingerprint density at radius 3 is 2.56 bits per heavy atom. The van der Waals surface area contributed by atoms with Gasteiger partial charge in [0, 0.05) is 23.3 Å². The van der Waals surface area contributed by atoms with Gasteiger partial charge in [0.1, 0.15) is 0 Å². The number of rotatable bonds is 6. The van der Waals surface area contributed by atoms with Crippen molar-refractivity contribution in [1.82, 2.24) is 10.4 Å². The maximum atomic E-state index is 5.64. The van der Waals surface area contributed by atoms with E-state index in [1.165, 1.54) is 17.1 Å². The first kappa shape index (κ1) is 15.6. The zero-order valence-electron chi connectivity index (χ0n) is 12.3. The Morgan fingerprint density at radius 1 is 1.44 bits per heavy atom. The van der Waals surface area contributed by atoms with Crippen molar-refractivity contribution in [1.29, 1.82) is 0 Å². The molecule has 1 rings (SSSR count). The summed E-state index contributed by atoms with van der Waals surface area (Å²) in [5, 5.41) is 3.36. The topological polar surface area (TPSA) is 50.9 Å². The van der Waals surface area contributed by atoms with Crippen molar-refractivity contribution in [2.75, 3.05) is 0 Å². The Bertz CT molecular complexity index is 354. The summed E-state index contributed by atoms with van der Waals surface area (Å²) in [6, 6.07) is 0.332. The van der Waals surface area contributed by atoms with Crippen molar-refractivity contribution >= 4 is 11.3 Å². The van der Waals surface area contributed by atoms with Gasteiger partial charge >= 0.3 is 0 Å². The largest absolute Gasteiger partial charge is 0.271 e. The van der Waals surface area contributed by atoms with Gasteiger partial charge in [-0.1, -0.05) is 41.0 Å². The van der Waals surface area contributed by atoms with Crippen LogP contribution in [0, 0.1) is 5.92 Å². The minimum absolute atomic E-state index is 0.136. The predicted molar refractivity (Wildman–Crippen MR) is 79.7 cm³/mol. The third-order valence-corrected chi connectivity index (χ3v) is 4.23. The van der Waals surface area contributed by atoms with Gasteiger partial charge in [-0.2, -0.15) is 0 Å². The van der Waals surface area contributed by atoms with Gasteiger partial charge in [-0.15, -0.1) is 11.3 Å². The molecule has 4 heteroatoms. The van der Waals surface area contributed by atoms with E-state index >= 15 is 0 Å². The smallest absolute Gasteiger partial charge is 0.0944 e. The second-order valence-electron chi connectivity index (χ2n) is 6.19. The molecule has 0 amide bonds. The third kappa shape index (κ3) is 4.67. The molecule has 0 radical (unpaired) electrons. The number of hydrogen-bond donors (Lipinski definition) is 2. The monoisotopic (exact) mass is 269 g/mol. The Morgan fingerprint density at radius 2 is 2.11 bits per heavy atom. The summed E-state index contributed by atoms with van der Waals surface area (Å²) in [5.74, 6) is 6.34. The van der Waals surface area contributed by atoms with Crippen LogP contribution in [0.2, 0.25) is 0 Å². The Kier molecular flexibility index (Phi) is 5.76. The average molecular weight is 269 g/mol. The van der Waals surface area contributed by atoms with Crippen molar-refractivity contribution < 1.29 is 0 Å². The molecule has 0 aliphatic rings. The summed E-state index contributed by atoms with van der Waals surface area (Å²) < 4.78 is 0. The van der Waals surface area contributed by atoms with Crippen LogP contribution in [0.5, 0.6) is 0 Å². The SMILES string of the molecule is CCC(C)CC(Cc1nc(C(C)(C)C)cs1)NN. The van der Waals surface area contributed by atoms with E-state index in [4.69, 9.17) is 10.8 Å². The van der Waals surface area contributed by atoms with Crippen LogP contribution in [0.25, 0.3) is 0 Å². The van der Waals surface area contributed by atoms with Gasteiger partial charge in [0.2, 0.25) is 0 Å². The van der Waals surface area contributed by atoms with Crippen LogP contribution in [-0.4, -0.2) is 11.0 Å². The van der Waals surface area contributed by atoms with Crippen molar-refractivity contribution in [2.45, 2.75) is 65.3 Å². The number of aromatic nitrogens is 1. The van der Waals surface area contributed by atoms with E-state index in [-0.39, 0.29) is 5.41 Å². The molecule has 104 valence electrons. The molecule has 0 aliphatic carbocycles. The fourth-order valence-electron chi connectivity index (χ4n) is 1.82. The maximum absolute atomic E-state index is 5.64. The van der Waals surface area contributed by atoms with E-state index in [0.717, 1.165) is 12.8 Å². The predicted octanol–water partition coefficient (Wildman–Crippen LogP) is 3.25. The first-order valence-corrected chi connectivity index (χ1v) is 7.65. The number of nitrogens with zero attached hydrogens (tertiary/aromatic N) is 1. The second-order valence-corrected chi connectivity index (χ2v) is 7.14. The van der Waals surface area contributed by atoms with Crippen molar-refractivity contribution in [3.8, 4) is 0 Å². The van der Waals surface area contributed by atoms with E-state index in [0.29, 0.717) is 12.0 Å². The van der Waals surface area contributed by atoms with Crippen LogP contribution in [0.4, 0.5) is 0 Å². The molecule has 0 aliphatic heterocycles. The molecule has 3 N–H and O–H groups in total. The summed E-state index contributed by atoms with van der Waals surface area (Å²) in [4.78, 5) is 4.73. The molecule has 1 aromatic heterocycles. The molecule has 0 spiro atoms. The fourth-order valence-corrected chi connectivity index (χ4v) is 2.92. The highest BCUT2D eigenvalue weighted by atomic mass is 32.1. The van der Waals surface area contributed by atoms with Crippen molar-refractivity contribution in [3.63, 3.8) is 0 Å². The van der Waals surface area contributed by atoms with Gasteiger partial charge < -0.3 is 0 Å². The van der Waals surface area contributed by atoms with Crippen LogP contribution >= 0.6 is 11.3 Å². The highest BCUT2D eigenvalue weighted by molar-refractivity contribution is 7.09. The lowest BCUT2D eigenvalue weighted by molar-refractivity contribution is 0.395. The van der Waals surface area contributed by atoms with Gasteiger partial charge in [0.05, 0.1) is 10.7 Å². The molecule has 0 aromatic carbocycles. The Hall–Kier alpha value is -0.450. The highest BCUT2D eigenvalue weighted by Gasteiger charge is 2.19. The first-order valence-electron chi connectivity index (χ1n) is 6.77. The van der Waals surface area contributed by atoms with Gasteiger partial charge in [-0.25, -0.2) is 4.98 Å². The van der Waals surface area contributed by atoms with Crippen LogP contribution in [0.15, 0.2) is 5.38 Å². The summed E-state index contributed by atoms with van der Waals surface area (Å²) >= 11 is 1.75. The lowest BCUT2D eigenvalue weighted by atomic mass is 9.93. The fraction of sp³-hybridized carbons (Fsp3) is 0.786. The summed E-state index contributed by atoms with van der Waals surface area (Å²) in [5.41, 5.74) is 4.25. The number of hydrazine groups is 1. The summed E-state index contributed by atoms with van der Waals surface area (Å²) in [6.45, 7) is 11.1. The Balaban J connectivity index is 2.62. The van der Waals surface area contributed by atoms with Crippen LogP contribution in [0.3, 0.4) is 0 Å². The quantitative estimate of drug-likeness (QED) is 0.615. The van der Waals surface area contributed by atoms with Crippen molar-refractivity contribution in [2.24, 2.45) is 11.8 Å². The molecule has 2 atom stereocenters. The third-order valence-electron chi connectivity index (χ3n) is 3.36. The lowest BCUT2D eigenvalue weighted by Gasteiger charge is -2.18. The molecule has 0 saturated carbocycles. The van der Waals surface area contributed by atoms with Gasteiger partial charge in [0.15, 0.2) is 0 Å². The molecule has 0 bridgehead atoms. The normalized spacial score (nSPS) is 15.7. The lowest BCUT2D eigenvalue weighted by Crippen LogP contribution is -2.38. The van der Waals surface area contributed by atoms with Gasteiger partial charge in [-0.05, 0) is 12.3 Å². The van der Waals surface area contributed by atoms with Gasteiger partial charge in [-0.3, -0.25) is 11.3 Å². The molecule has 0 saturated heterocycles. The standard InChI is InChI=1S/C14H27N3S/c1-6-10(2)7-11(17-15)8-13-16-12(9-18-13)14(3,4)5/h9-11,17H,6-8,15H2,1-5H3. The molecule has 1 aromatic rings. The average Bonchev–Trinajstić information content (AvgIpc) is 2.76. The highest BCUT2D eigenvalue weighted by Crippen LogP contribution is 2.25. The number of nitrogens with one attached hydrogen (secondary N) is 1. The summed E-state index contributed by atoms with van der Waals surface area (Å²) in [6.07, 6.45) is 3.24. The van der Waals surface area contributed by atoms with Crippen LogP contribution in [-0.2, 0) is 11.8 Å². The molecule has 18 heavy (non-hydrogen) atoms. The van der Waals surface area contributed by atoms with E-state index in [1.54, 1.807) is 11.3 Å². The van der Waals surface area contributed by atoms with E-state index in [1.807, 2.05) is 0 Å². The molecular formula is C14H27N3S. The Labute approximate surface area is 115 Å². The molecule has 1 heterocycles. The maximum Gasteiger partial charge on any atom is 0.0944 e. The molecule has 0 fully saturated rings. The zero-order chi connectivity index (χ0) is 13.8. The van der Waals surface area contributed by atoms with Crippen molar-refractivity contribution in [3.05, 3.63) is 16.1 Å². The second kappa shape index (κ2) is 6.64. The molecular weight excluding hydrogens is 242 g/mol. The van der Waals surface area contributed by atoms with E-state index in [2.05, 4.69) is 45.4 Å². The van der Waals surface area contributed by atoms with Gasteiger partial charge in [0.25, 0.3) is 0 Å².